The molecule has 0 aromatic heterocycles. The molecule has 7 heteroatoms. The average Bonchev–Trinajstić information content (AvgIpc) is 2.97. The van der Waals surface area contributed by atoms with Crippen molar-refractivity contribution in [3.05, 3.63) is 65.2 Å². The van der Waals surface area contributed by atoms with E-state index in [1.54, 1.807) is 0 Å². The summed E-state index contributed by atoms with van der Waals surface area (Å²) in [5.74, 6) is -0.534. The molecule has 2 aromatic carbocycles. The van der Waals surface area contributed by atoms with E-state index in [9.17, 15) is 18.3 Å². The fourth-order valence-corrected chi connectivity index (χ4v) is 4.13. The molecular formula is C18H19NO5S. The average molecular weight is 361 g/mol. The minimum absolute atomic E-state index is 0.0232. The lowest BCUT2D eigenvalue weighted by molar-refractivity contribution is 0.0442. The lowest BCUT2D eigenvalue weighted by atomic mass is 9.96. The Morgan fingerprint density at radius 2 is 1.88 bits per heavy atom. The van der Waals surface area contributed by atoms with Crippen molar-refractivity contribution in [3.63, 3.8) is 0 Å². The zero-order valence-corrected chi connectivity index (χ0v) is 14.5. The Labute approximate surface area is 146 Å². The molecule has 0 heterocycles. The number of benzene rings is 2. The van der Waals surface area contributed by atoms with Gasteiger partial charge >= 0.3 is 5.97 Å². The van der Waals surface area contributed by atoms with Crippen LogP contribution in [0.15, 0.2) is 53.4 Å². The summed E-state index contributed by atoms with van der Waals surface area (Å²) in [6.07, 6.45) is 1.18. The summed E-state index contributed by atoms with van der Waals surface area (Å²) in [7, 11) is -2.54. The molecule has 2 aromatic rings. The second-order valence-corrected chi connectivity index (χ2v) is 7.80. The number of rotatable bonds is 5. The Morgan fingerprint density at radius 3 is 2.56 bits per heavy atom. The van der Waals surface area contributed by atoms with Crippen LogP contribution in [-0.2, 0) is 26.8 Å². The number of sulfonamides is 1. The van der Waals surface area contributed by atoms with Crippen molar-refractivity contribution in [2.75, 3.05) is 13.7 Å². The fraction of sp³-hybridized carbons (Fsp3) is 0.278. The molecule has 25 heavy (non-hydrogen) atoms. The number of aliphatic hydroxyl groups is 1. The van der Waals surface area contributed by atoms with Crippen molar-refractivity contribution in [1.29, 1.82) is 0 Å². The van der Waals surface area contributed by atoms with Gasteiger partial charge in [-0.3, -0.25) is 0 Å². The van der Waals surface area contributed by atoms with E-state index in [4.69, 9.17) is 0 Å². The summed E-state index contributed by atoms with van der Waals surface area (Å²) in [6, 6.07) is 12.9. The molecule has 0 bridgehead atoms. The number of aryl methyl sites for hydroxylation is 1. The van der Waals surface area contributed by atoms with Crippen LogP contribution in [0.4, 0.5) is 0 Å². The molecule has 6 nitrogen and oxygen atoms in total. The molecule has 0 saturated carbocycles. The first-order chi connectivity index (χ1) is 11.9. The number of fused-ring (bicyclic) bond motifs is 1. The first-order valence-electron chi connectivity index (χ1n) is 7.84. The van der Waals surface area contributed by atoms with Gasteiger partial charge in [-0.2, -0.15) is 0 Å². The maximum Gasteiger partial charge on any atom is 0.337 e. The molecule has 0 radical (unpaired) electrons. The molecule has 0 unspecified atom stereocenters. The van der Waals surface area contributed by atoms with Gasteiger partial charge in [-0.25, -0.2) is 17.9 Å². The first kappa shape index (κ1) is 17.6. The Hall–Kier alpha value is -2.22. The van der Waals surface area contributed by atoms with Crippen molar-refractivity contribution in [2.45, 2.75) is 23.3 Å². The van der Waals surface area contributed by atoms with E-state index >= 15 is 0 Å². The highest BCUT2D eigenvalue weighted by molar-refractivity contribution is 7.89. The zero-order valence-electron chi connectivity index (χ0n) is 13.7. The van der Waals surface area contributed by atoms with Gasteiger partial charge in [-0.1, -0.05) is 24.3 Å². The minimum Gasteiger partial charge on any atom is -0.465 e. The molecule has 0 aliphatic heterocycles. The van der Waals surface area contributed by atoms with Crippen LogP contribution in [0.5, 0.6) is 0 Å². The van der Waals surface area contributed by atoms with Crippen LogP contribution in [0, 0.1) is 0 Å². The Bertz CT molecular complexity index is 892. The minimum atomic E-state index is -3.80. The number of methoxy groups -OCH3 is 1. The van der Waals surface area contributed by atoms with Crippen LogP contribution in [-0.4, -0.2) is 33.1 Å². The summed E-state index contributed by atoms with van der Waals surface area (Å²) in [5, 5.41) is 10.8. The molecule has 0 spiro atoms. The predicted molar refractivity (Wildman–Crippen MR) is 91.6 cm³/mol. The largest absolute Gasteiger partial charge is 0.465 e. The summed E-state index contributed by atoms with van der Waals surface area (Å²) >= 11 is 0. The SMILES string of the molecule is COC(=O)c1ccc(S(=O)(=O)NC[C@]2(O)CCc3ccccc32)cc1. The van der Waals surface area contributed by atoms with Crippen LogP contribution in [0.3, 0.4) is 0 Å². The Morgan fingerprint density at radius 1 is 1.20 bits per heavy atom. The van der Waals surface area contributed by atoms with Crippen LogP contribution in [0.2, 0.25) is 0 Å². The highest BCUT2D eigenvalue weighted by Gasteiger charge is 2.37. The van der Waals surface area contributed by atoms with Gasteiger partial charge < -0.3 is 9.84 Å². The number of esters is 1. The van der Waals surface area contributed by atoms with E-state index in [0.717, 1.165) is 11.1 Å². The van der Waals surface area contributed by atoms with E-state index in [2.05, 4.69) is 9.46 Å². The topological polar surface area (TPSA) is 92.7 Å². The van der Waals surface area contributed by atoms with Crippen molar-refractivity contribution < 1.29 is 23.1 Å². The number of carbonyl (C=O) groups excluding carboxylic acids is 1. The van der Waals surface area contributed by atoms with Gasteiger partial charge in [0.1, 0.15) is 5.60 Å². The van der Waals surface area contributed by atoms with Gasteiger partial charge in [0.25, 0.3) is 0 Å². The van der Waals surface area contributed by atoms with Crippen molar-refractivity contribution in [1.82, 2.24) is 4.72 Å². The third-order valence-electron chi connectivity index (χ3n) is 4.47. The van der Waals surface area contributed by atoms with Crippen molar-refractivity contribution >= 4 is 16.0 Å². The van der Waals surface area contributed by atoms with Gasteiger partial charge in [0.15, 0.2) is 0 Å². The maximum absolute atomic E-state index is 12.5. The van der Waals surface area contributed by atoms with E-state index in [0.29, 0.717) is 12.8 Å². The molecule has 3 rings (SSSR count). The van der Waals surface area contributed by atoms with E-state index in [-0.39, 0.29) is 17.0 Å². The second kappa shape index (κ2) is 6.59. The Balaban J connectivity index is 1.75. The smallest absolute Gasteiger partial charge is 0.337 e. The summed E-state index contributed by atoms with van der Waals surface area (Å²) in [4.78, 5) is 11.4. The van der Waals surface area contributed by atoms with E-state index < -0.39 is 21.6 Å². The number of carbonyl (C=O) groups is 1. The molecule has 2 N–H and O–H groups in total. The molecule has 132 valence electrons. The molecule has 0 fully saturated rings. The van der Waals surface area contributed by atoms with Gasteiger partial charge in [0, 0.05) is 6.54 Å². The van der Waals surface area contributed by atoms with E-state index in [1.165, 1.54) is 31.4 Å². The number of nitrogens with one attached hydrogen (secondary N) is 1. The van der Waals surface area contributed by atoms with Gasteiger partial charge in [-0.05, 0) is 48.2 Å². The number of ether oxygens (including phenoxy) is 1. The van der Waals surface area contributed by atoms with Crippen LogP contribution < -0.4 is 4.72 Å². The van der Waals surface area contributed by atoms with Crippen LogP contribution in [0.25, 0.3) is 0 Å². The molecule has 0 saturated heterocycles. The lowest BCUT2D eigenvalue weighted by Gasteiger charge is -2.24. The molecule has 1 atom stereocenters. The second-order valence-electron chi connectivity index (χ2n) is 6.03. The van der Waals surface area contributed by atoms with Crippen LogP contribution >= 0.6 is 0 Å². The van der Waals surface area contributed by atoms with Gasteiger partial charge in [0.05, 0.1) is 17.6 Å². The third-order valence-corrected chi connectivity index (χ3v) is 5.88. The first-order valence-corrected chi connectivity index (χ1v) is 9.33. The number of hydrogen-bond acceptors (Lipinski definition) is 5. The van der Waals surface area contributed by atoms with E-state index in [1.807, 2.05) is 24.3 Å². The Kier molecular flexibility index (Phi) is 4.64. The molecule has 0 amide bonds. The lowest BCUT2D eigenvalue weighted by Crippen LogP contribution is -2.39. The summed E-state index contributed by atoms with van der Waals surface area (Å²) in [6.45, 7) is -0.106. The molecule has 1 aliphatic carbocycles. The predicted octanol–water partition coefficient (Wildman–Crippen LogP) is 1.59. The molecular weight excluding hydrogens is 342 g/mol. The number of hydrogen-bond donors (Lipinski definition) is 2. The molecule has 1 aliphatic rings. The monoisotopic (exact) mass is 361 g/mol. The van der Waals surface area contributed by atoms with Gasteiger partial charge in [-0.15, -0.1) is 0 Å². The summed E-state index contributed by atoms with van der Waals surface area (Å²) < 4.78 is 32.0. The highest BCUT2D eigenvalue weighted by atomic mass is 32.2. The van der Waals surface area contributed by atoms with Crippen molar-refractivity contribution in [3.8, 4) is 0 Å². The fourth-order valence-electron chi connectivity index (χ4n) is 3.04. The quantitative estimate of drug-likeness (QED) is 0.789. The van der Waals surface area contributed by atoms with Crippen LogP contribution in [0.1, 0.15) is 27.9 Å². The zero-order chi connectivity index (χ0) is 18.1. The normalized spacial score (nSPS) is 19.4. The maximum atomic E-state index is 12.5. The van der Waals surface area contributed by atoms with Crippen molar-refractivity contribution in [2.24, 2.45) is 0 Å². The standard InChI is InChI=1S/C18H19NO5S/c1-24-17(20)14-6-8-15(9-7-14)25(22,23)19-12-18(21)11-10-13-4-2-3-5-16(13)18/h2-9,19,21H,10-12H2,1H3/t18-/m1/s1. The highest BCUT2D eigenvalue weighted by Crippen LogP contribution is 2.36. The third kappa shape index (κ3) is 3.44. The van der Waals surface area contributed by atoms with Gasteiger partial charge in [0.2, 0.25) is 10.0 Å². The summed E-state index contributed by atoms with van der Waals surface area (Å²) in [5.41, 5.74) is 0.852.